The number of rotatable bonds is 1. The van der Waals surface area contributed by atoms with Crippen LogP contribution in [-0.2, 0) is 0 Å². The number of hydrogen-bond acceptors (Lipinski definition) is 1. The van der Waals surface area contributed by atoms with Crippen LogP contribution in [0, 0.1) is 17.5 Å². The van der Waals surface area contributed by atoms with E-state index in [-0.39, 0.29) is 11.1 Å². The topological polar surface area (TPSA) is 32.9 Å². The first kappa shape index (κ1) is 10.5. The number of benzene rings is 1. The minimum Gasteiger partial charge on any atom is -0.326 e. The molecule has 0 saturated heterocycles. The maximum atomic E-state index is 13.3. The fourth-order valence-electron chi connectivity index (χ4n) is 1.37. The molecule has 16 heavy (non-hydrogen) atoms. The van der Waals surface area contributed by atoms with E-state index >= 15 is 0 Å². The van der Waals surface area contributed by atoms with Crippen LogP contribution in [0.25, 0.3) is 11.1 Å². The summed E-state index contributed by atoms with van der Waals surface area (Å²) in [7, 11) is 0. The van der Waals surface area contributed by atoms with E-state index in [9.17, 15) is 18.0 Å². The molecule has 2 nitrogen and oxygen atoms in total. The molecular weight excluding hydrogens is 219 g/mol. The molecule has 0 spiro atoms. The molecule has 1 aromatic carbocycles. The Labute approximate surface area is 88.4 Å². The van der Waals surface area contributed by atoms with Crippen LogP contribution in [-0.4, -0.2) is 4.98 Å². The number of pyridine rings is 1. The first-order valence-electron chi connectivity index (χ1n) is 4.42. The number of halogens is 3. The van der Waals surface area contributed by atoms with E-state index in [0.717, 1.165) is 18.3 Å². The Kier molecular flexibility index (Phi) is 2.52. The van der Waals surface area contributed by atoms with E-state index in [0.29, 0.717) is 0 Å². The number of H-pyrrole nitrogens is 1. The highest BCUT2D eigenvalue weighted by molar-refractivity contribution is 5.63. The molecule has 2 rings (SSSR count). The van der Waals surface area contributed by atoms with Crippen molar-refractivity contribution in [1.29, 1.82) is 0 Å². The van der Waals surface area contributed by atoms with Gasteiger partial charge in [-0.05, 0) is 12.1 Å². The summed E-state index contributed by atoms with van der Waals surface area (Å²) in [6, 6.07) is 4.24. The summed E-state index contributed by atoms with van der Waals surface area (Å²) in [5, 5.41) is 0. The van der Waals surface area contributed by atoms with Crippen molar-refractivity contribution in [1.82, 2.24) is 4.98 Å². The molecule has 1 N–H and O–H groups in total. The summed E-state index contributed by atoms with van der Waals surface area (Å²) in [6.45, 7) is 0. The van der Waals surface area contributed by atoms with Gasteiger partial charge in [-0.25, -0.2) is 13.2 Å². The van der Waals surface area contributed by atoms with Gasteiger partial charge < -0.3 is 4.98 Å². The zero-order chi connectivity index (χ0) is 11.7. The minimum atomic E-state index is -1.17. The van der Waals surface area contributed by atoms with Crippen molar-refractivity contribution < 1.29 is 13.2 Å². The molecule has 0 aliphatic heterocycles. The van der Waals surface area contributed by atoms with Gasteiger partial charge in [0.25, 0.3) is 5.56 Å². The number of hydrogen-bond donors (Lipinski definition) is 1. The van der Waals surface area contributed by atoms with E-state index in [2.05, 4.69) is 4.98 Å². The largest absolute Gasteiger partial charge is 0.326 e. The van der Waals surface area contributed by atoms with Crippen LogP contribution in [0.4, 0.5) is 13.2 Å². The Balaban J connectivity index is 2.72. The normalized spacial score (nSPS) is 10.4. The number of nitrogens with one attached hydrogen (secondary N) is 1. The molecule has 0 saturated carbocycles. The second-order valence-corrected chi connectivity index (χ2v) is 3.16. The molecule has 1 aromatic heterocycles. The van der Waals surface area contributed by atoms with Crippen molar-refractivity contribution in [3.8, 4) is 11.1 Å². The summed E-state index contributed by atoms with van der Waals surface area (Å²) in [4.78, 5) is 13.4. The molecule has 0 bridgehead atoms. The quantitative estimate of drug-likeness (QED) is 0.794. The smallest absolute Gasteiger partial charge is 0.256 e. The Morgan fingerprint density at radius 2 is 1.81 bits per heavy atom. The van der Waals surface area contributed by atoms with Crippen molar-refractivity contribution in [2.75, 3.05) is 0 Å². The molecule has 0 amide bonds. The summed E-state index contributed by atoms with van der Waals surface area (Å²) in [5.41, 5.74) is -1.18. The van der Waals surface area contributed by atoms with Gasteiger partial charge in [0.1, 0.15) is 5.82 Å². The fourth-order valence-corrected chi connectivity index (χ4v) is 1.37. The van der Waals surface area contributed by atoms with Crippen LogP contribution in [0.2, 0.25) is 0 Å². The predicted molar refractivity (Wildman–Crippen MR) is 52.4 cm³/mol. The molecule has 0 aliphatic rings. The van der Waals surface area contributed by atoms with Gasteiger partial charge in [0.05, 0.1) is 5.56 Å². The number of aromatic amines is 1. The molecule has 82 valence electrons. The lowest BCUT2D eigenvalue weighted by molar-refractivity contribution is 0.511. The van der Waals surface area contributed by atoms with Crippen LogP contribution in [0.1, 0.15) is 0 Å². The van der Waals surface area contributed by atoms with Crippen LogP contribution < -0.4 is 5.56 Å². The van der Waals surface area contributed by atoms with Crippen molar-refractivity contribution in [2.45, 2.75) is 0 Å². The highest BCUT2D eigenvalue weighted by Crippen LogP contribution is 2.21. The Hall–Kier alpha value is -2.04. The summed E-state index contributed by atoms with van der Waals surface area (Å²) in [5.74, 6) is -2.97. The monoisotopic (exact) mass is 225 g/mol. The van der Waals surface area contributed by atoms with Crippen LogP contribution >= 0.6 is 0 Å². The van der Waals surface area contributed by atoms with Gasteiger partial charge in [-0.3, -0.25) is 4.79 Å². The lowest BCUT2D eigenvalue weighted by Crippen LogP contribution is -2.09. The maximum absolute atomic E-state index is 13.3. The first-order chi connectivity index (χ1) is 7.59. The lowest BCUT2D eigenvalue weighted by Gasteiger charge is -2.02. The average molecular weight is 225 g/mol. The van der Waals surface area contributed by atoms with E-state index in [1.54, 1.807) is 0 Å². The van der Waals surface area contributed by atoms with Gasteiger partial charge in [-0.1, -0.05) is 12.1 Å². The molecule has 0 aliphatic carbocycles. The molecule has 1 heterocycles. The van der Waals surface area contributed by atoms with Gasteiger partial charge in [0.2, 0.25) is 0 Å². The summed E-state index contributed by atoms with van der Waals surface area (Å²) >= 11 is 0. The highest BCUT2D eigenvalue weighted by Gasteiger charge is 2.13. The van der Waals surface area contributed by atoms with Crippen LogP contribution in [0.15, 0.2) is 35.3 Å². The van der Waals surface area contributed by atoms with Crippen molar-refractivity contribution in [3.63, 3.8) is 0 Å². The number of aromatic nitrogens is 1. The first-order valence-corrected chi connectivity index (χ1v) is 4.42. The van der Waals surface area contributed by atoms with Crippen molar-refractivity contribution >= 4 is 0 Å². The van der Waals surface area contributed by atoms with E-state index in [4.69, 9.17) is 0 Å². The zero-order valence-electron chi connectivity index (χ0n) is 7.93. The van der Waals surface area contributed by atoms with E-state index in [1.807, 2.05) is 0 Å². The Bertz CT molecular complexity index is 592. The van der Waals surface area contributed by atoms with Gasteiger partial charge in [-0.15, -0.1) is 0 Å². The van der Waals surface area contributed by atoms with Gasteiger partial charge in [0.15, 0.2) is 11.6 Å². The van der Waals surface area contributed by atoms with Crippen LogP contribution in [0.3, 0.4) is 0 Å². The van der Waals surface area contributed by atoms with E-state index < -0.39 is 23.0 Å². The molecule has 5 heteroatoms. The molecular formula is C11H6F3NO. The van der Waals surface area contributed by atoms with E-state index in [1.165, 1.54) is 12.1 Å². The Morgan fingerprint density at radius 3 is 2.56 bits per heavy atom. The van der Waals surface area contributed by atoms with Gasteiger partial charge in [-0.2, -0.15) is 0 Å². The third kappa shape index (κ3) is 1.71. The predicted octanol–water partition coefficient (Wildman–Crippen LogP) is 2.46. The third-order valence-electron chi connectivity index (χ3n) is 2.11. The SMILES string of the molecule is O=c1[nH]cc(F)cc1-c1cccc(F)c1F. The second-order valence-electron chi connectivity index (χ2n) is 3.16. The second kappa shape index (κ2) is 3.84. The highest BCUT2D eigenvalue weighted by atomic mass is 19.2. The van der Waals surface area contributed by atoms with Gasteiger partial charge in [0, 0.05) is 11.8 Å². The van der Waals surface area contributed by atoms with Crippen molar-refractivity contribution in [2.24, 2.45) is 0 Å². The third-order valence-corrected chi connectivity index (χ3v) is 2.11. The summed E-state index contributed by atoms with van der Waals surface area (Å²) in [6.07, 6.45) is 0.850. The Morgan fingerprint density at radius 1 is 1.06 bits per heavy atom. The summed E-state index contributed by atoms with van der Waals surface area (Å²) < 4.78 is 39.1. The van der Waals surface area contributed by atoms with Crippen molar-refractivity contribution in [3.05, 3.63) is 58.3 Å². The average Bonchev–Trinajstić information content (AvgIpc) is 2.26. The molecule has 0 unspecified atom stereocenters. The molecule has 2 aromatic rings. The fraction of sp³-hybridized carbons (Fsp3) is 0. The minimum absolute atomic E-state index is 0.239. The lowest BCUT2D eigenvalue weighted by atomic mass is 10.1. The molecule has 0 atom stereocenters. The zero-order valence-corrected chi connectivity index (χ0v) is 7.93. The molecule has 0 fully saturated rings. The maximum Gasteiger partial charge on any atom is 0.256 e. The van der Waals surface area contributed by atoms with Gasteiger partial charge >= 0.3 is 0 Å². The standard InChI is InChI=1S/C11H6F3NO/c12-6-4-8(11(16)15-5-6)7-2-1-3-9(13)10(7)14/h1-5H,(H,15,16). The molecule has 0 radical (unpaired) electrons. The van der Waals surface area contributed by atoms with Crippen LogP contribution in [0.5, 0.6) is 0 Å².